The molecule has 0 bridgehead atoms. The van der Waals surface area contributed by atoms with Crippen LogP contribution in [-0.4, -0.2) is 25.2 Å². The summed E-state index contributed by atoms with van der Waals surface area (Å²) in [5.41, 5.74) is -1.44. The first kappa shape index (κ1) is 19.4. The molecule has 0 aromatic rings. The van der Waals surface area contributed by atoms with Gasteiger partial charge in [-0.15, -0.1) is 0 Å². The average Bonchev–Trinajstić information content (AvgIpc) is 2.46. The minimum absolute atomic E-state index is 0.190. The Morgan fingerprint density at radius 1 is 1.10 bits per heavy atom. The van der Waals surface area contributed by atoms with Crippen LogP contribution < -0.4 is 0 Å². The first-order valence-corrected chi connectivity index (χ1v) is 7.79. The van der Waals surface area contributed by atoms with E-state index in [0.29, 0.717) is 19.3 Å². The second-order valence-electron chi connectivity index (χ2n) is 5.00. The molecule has 0 aliphatic heterocycles. The molecule has 0 saturated heterocycles. The van der Waals surface area contributed by atoms with Gasteiger partial charge >= 0.3 is 11.9 Å². The molecule has 0 rings (SSSR count). The van der Waals surface area contributed by atoms with E-state index in [1.807, 2.05) is 13.8 Å². The highest BCUT2D eigenvalue weighted by Gasteiger charge is 2.50. The number of unbranched alkanes of at least 4 members (excludes halogenated alkanes) is 1. The minimum Gasteiger partial charge on any atom is -0.466 e. The van der Waals surface area contributed by atoms with Crippen molar-refractivity contribution in [2.45, 2.75) is 59.8 Å². The van der Waals surface area contributed by atoms with Gasteiger partial charge in [-0.25, -0.2) is 0 Å². The largest absolute Gasteiger partial charge is 0.466 e. The van der Waals surface area contributed by atoms with Crippen LogP contribution in [0.4, 0.5) is 0 Å². The highest BCUT2D eigenvalue weighted by molar-refractivity contribution is 5.88. The molecule has 120 valence electrons. The van der Waals surface area contributed by atoms with Crippen LogP contribution in [0.3, 0.4) is 0 Å². The van der Waals surface area contributed by atoms with Crippen LogP contribution in [0.1, 0.15) is 59.8 Å². The van der Waals surface area contributed by atoms with Crippen LogP contribution in [0.25, 0.3) is 0 Å². The fraction of sp³-hybridized carbons (Fsp3) is 0.812. The Morgan fingerprint density at radius 3 is 2.14 bits per heavy atom. The molecule has 0 spiro atoms. The van der Waals surface area contributed by atoms with Gasteiger partial charge in [-0.2, -0.15) is 5.26 Å². The summed E-state index contributed by atoms with van der Waals surface area (Å²) in [5, 5.41) is 9.63. The molecule has 0 amide bonds. The minimum atomic E-state index is -1.44. The zero-order valence-electron chi connectivity index (χ0n) is 13.6. The Kier molecular flexibility index (Phi) is 9.44. The number of esters is 2. The Hall–Kier alpha value is -1.57. The van der Waals surface area contributed by atoms with E-state index in [9.17, 15) is 14.9 Å². The van der Waals surface area contributed by atoms with E-state index in [4.69, 9.17) is 9.47 Å². The predicted molar refractivity (Wildman–Crippen MR) is 79.2 cm³/mol. The lowest BCUT2D eigenvalue weighted by molar-refractivity contribution is -0.166. The van der Waals surface area contributed by atoms with Gasteiger partial charge in [0.15, 0.2) is 5.41 Å². The zero-order chi connectivity index (χ0) is 16.3. The van der Waals surface area contributed by atoms with Crippen molar-refractivity contribution < 1.29 is 19.1 Å². The second kappa shape index (κ2) is 10.2. The molecule has 21 heavy (non-hydrogen) atoms. The number of ether oxygens (including phenoxy) is 2. The Labute approximate surface area is 127 Å². The predicted octanol–water partition coefficient (Wildman–Crippen LogP) is 3.23. The number of rotatable bonds is 10. The van der Waals surface area contributed by atoms with Gasteiger partial charge in [0.1, 0.15) is 0 Å². The maximum absolute atomic E-state index is 12.3. The van der Waals surface area contributed by atoms with E-state index < -0.39 is 23.3 Å². The summed E-state index contributed by atoms with van der Waals surface area (Å²) in [6, 6.07) is 2.07. The maximum Gasteiger partial charge on any atom is 0.327 e. The van der Waals surface area contributed by atoms with E-state index in [2.05, 4.69) is 6.07 Å². The summed E-state index contributed by atoms with van der Waals surface area (Å²) in [7, 11) is 0. The molecule has 0 aromatic carbocycles. The Bertz CT molecular complexity index is 375. The fourth-order valence-electron chi connectivity index (χ4n) is 2.47. The second-order valence-corrected chi connectivity index (χ2v) is 5.00. The van der Waals surface area contributed by atoms with Gasteiger partial charge in [-0.05, 0) is 26.7 Å². The van der Waals surface area contributed by atoms with Crippen molar-refractivity contribution in [1.29, 1.82) is 5.26 Å². The van der Waals surface area contributed by atoms with Crippen LogP contribution in [0.2, 0.25) is 0 Å². The van der Waals surface area contributed by atoms with E-state index in [-0.39, 0.29) is 13.2 Å². The van der Waals surface area contributed by atoms with Gasteiger partial charge in [0, 0.05) is 0 Å². The van der Waals surface area contributed by atoms with E-state index in [1.54, 1.807) is 13.8 Å². The average molecular weight is 297 g/mol. The van der Waals surface area contributed by atoms with Crippen molar-refractivity contribution in [3.8, 4) is 6.07 Å². The first-order valence-electron chi connectivity index (χ1n) is 7.79. The molecule has 5 heteroatoms. The van der Waals surface area contributed by atoms with Gasteiger partial charge < -0.3 is 9.47 Å². The number of hydrogen-bond acceptors (Lipinski definition) is 5. The molecule has 2 unspecified atom stereocenters. The number of nitrogens with zero attached hydrogens (tertiary/aromatic N) is 1. The molecular weight excluding hydrogens is 270 g/mol. The lowest BCUT2D eigenvalue weighted by Crippen LogP contribution is -2.43. The molecule has 0 fully saturated rings. The van der Waals surface area contributed by atoms with Crippen molar-refractivity contribution in [3.05, 3.63) is 0 Å². The summed E-state index contributed by atoms with van der Waals surface area (Å²) in [6.45, 7) is 7.71. The monoisotopic (exact) mass is 297 g/mol. The van der Waals surface area contributed by atoms with Crippen molar-refractivity contribution in [2.24, 2.45) is 11.3 Å². The van der Waals surface area contributed by atoms with Crippen molar-refractivity contribution in [1.82, 2.24) is 0 Å². The number of carbonyl (C=O) groups excluding carboxylic acids is 2. The molecule has 5 nitrogen and oxygen atoms in total. The van der Waals surface area contributed by atoms with Crippen LogP contribution in [0.15, 0.2) is 0 Å². The molecule has 0 radical (unpaired) electrons. The molecule has 0 aliphatic carbocycles. The molecule has 0 N–H and O–H groups in total. The summed E-state index contributed by atoms with van der Waals surface area (Å²) < 4.78 is 10.2. The zero-order valence-corrected chi connectivity index (χ0v) is 13.6. The molecule has 2 atom stereocenters. The molecule has 0 aromatic heterocycles. The summed E-state index contributed by atoms with van der Waals surface area (Å²) in [4.78, 5) is 24.6. The van der Waals surface area contributed by atoms with Gasteiger partial charge in [0.2, 0.25) is 0 Å². The normalized spacial score (nSPS) is 14.6. The quantitative estimate of drug-likeness (QED) is 0.579. The number of carbonyl (C=O) groups is 2. The summed E-state index contributed by atoms with van der Waals surface area (Å²) in [6.07, 6.45) is 3.02. The molecule has 0 heterocycles. The Balaban J connectivity index is 5.58. The highest BCUT2D eigenvalue weighted by Crippen LogP contribution is 2.38. The lowest BCUT2D eigenvalue weighted by atomic mass is 9.71. The third kappa shape index (κ3) is 5.04. The van der Waals surface area contributed by atoms with Crippen molar-refractivity contribution in [2.75, 3.05) is 13.2 Å². The van der Waals surface area contributed by atoms with Gasteiger partial charge in [0.05, 0.1) is 25.2 Å². The van der Waals surface area contributed by atoms with E-state index >= 15 is 0 Å². The summed E-state index contributed by atoms with van der Waals surface area (Å²) in [5.74, 6) is -1.85. The molecular formula is C16H27NO4. The van der Waals surface area contributed by atoms with E-state index in [0.717, 1.165) is 12.8 Å². The fourth-order valence-corrected chi connectivity index (χ4v) is 2.47. The SMILES string of the molecule is CCCCC(C(=O)OCC)C(C#N)(CCC)C(=O)OCC. The van der Waals surface area contributed by atoms with Gasteiger partial charge in [-0.3, -0.25) is 9.59 Å². The van der Waals surface area contributed by atoms with E-state index in [1.165, 1.54) is 0 Å². The molecule has 0 saturated carbocycles. The van der Waals surface area contributed by atoms with Crippen LogP contribution >= 0.6 is 0 Å². The van der Waals surface area contributed by atoms with Crippen LogP contribution in [0.5, 0.6) is 0 Å². The maximum atomic E-state index is 12.3. The lowest BCUT2D eigenvalue weighted by Gasteiger charge is -2.31. The van der Waals surface area contributed by atoms with Crippen LogP contribution in [0, 0.1) is 22.7 Å². The van der Waals surface area contributed by atoms with Crippen LogP contribution in [-0.2, 0) is 19.1 Å². The first-order chi connectivity index (χ1) is 10.0. The summed E-state index contributed by atoms with van der Waals surface area (Å²) >= 11 is 0. The number of hydrogen-bond donors (Lipinski definition) is 0. The topological polar surface area (TPSA) is 76.4 Å². The van der Waals surface area contributed by atoms with Crippen molar-refractivity contribution >= 4 is 11.9 Å². The smallest absolute Gasteiger partial charge is 0.327 e. The third-order valence-electron chi connectivity index (χ3n) is 3.50. The standard InChI is InChI=1S/C16H27NO4/c1-5-9-10-13(14(18)20-7-3)16(12-17,11-6-2)15(19)21-8-4/h13H,5-11H2,1-4H3. The highest BCUT2D eigenvalue weighted by atomic mass is 16.5. The third-order valence-corrected chi connectivity index (χ3v) is 3.50. The van der Waals surface area contributed by atoms with Crippen molar-refractivity contribution in [3.63, 3.8) is 0 Å². The Morgan fingerprint density at radius 2 is 1.71 bits per heavy atom. The van der Waals surface area contributed by atoms with Gasteiger partial charge in [-0.1, -0.05) is 33.1 Å². The van der Waals surface area contributed by atoms with Gasteiger partial charge in [0.25, 0.3) is 0 Å². The number of nitriles is 1. The molecule has 0 aliphatic rings.